The molecule has 5 heteroatoms. The summed E-state index contributed by atoms with van der Waals surface area (Å²) in [5.41, 5.74) is 3.39. The van der Waals surface area contributed by atoms with Gasteiger partial charge in [-0.25, -0.2) is 0 Å². The molecular formula is C24H33N2O3+. The average Bonchev–Trinajstić information content (AvgIpc) is 2.74. The van der Waals surface area contributed by atoms with Gasteiger partial charge in [0.2, 0.25) is 0 Å². The lowest BCUT2D eigenvalue weighted by molar-refractivity contribution is -0.917. The van der Waals surface area contributed by atoms with E-state index in [4.69, 9.17) is 9.47 Å². The highest BCUT2D eigenvalue weighted by atomic mass is 16.5. The minimum atomic E-state index is 0.0617. The number of quaternary nitrogens is 1. The van der Waals surface area contributed by atoms with E-state index >= 15 is 0 Å². The van der Waals surface area contributed by atoms with Crippen LogP contribution in [0.25, 0.3) is 0 Å². The molecule has 0 unspecified atom stereocenters. The summed E-state index contributed by atoms with van der Waals surface area (Å²) in [6.45, 7) is 11.4. The van der Waals surface area contributed by atoms with Gasteiger partial charge in [0, 0.05) is 11.1 Å². The highest BCUT2D eigenvalue weighted by Gasteiger charge is 2.25. The molecule has 156 valence electrons. The second-order valence-electron chi connectivity index (χ2n) is 7.91. The fraction of sp³-hybridized carbons (Fsp3) is 0.458. The molecule has 1 aliphatic heterocycles. The Kier molecular flexibility index (Phi) is 7.15. The summed E-state index contributed by atoms with van der Waals surface area (Å²) in [4.78, 5) is 16.4. The van der Waals surface area contributed by atoms with Crippen LogP contribution in [0, 0.1) is 0 Å². The summed E-state index contributed by atoms with van der Waals surface area (Å²) >= 11 is 0. The van der Waals surface area contributed by atoms with E-state index in [0.717, 1.165) is 32.7 Å². The van der Waals surface area contributed by atoms with Gasteiger partial charge in [-0.1, -0.05) is 38.1 Å². The predicted molar refractivity (Wildman–Crippen MR) is 115 cm³/mol. The number of hydrogen-bond donors (Lipinski definition) is 1. The Hall–Kier alpha value is -2.53. The lowest BCUT2D eigenvalue weighted by Crippen LogP contribution is -3.13. The third-order valence-corrected chi connectivity index (χ3v) is 5.57. The molecule has 0 aromatic heterocycles. The fourth-order valence-electron chi connectivity index (χ4n) is 3.77. The van der Waals surface area contributed by atoms with Crippen LogP contribution < -0.4 is 14.4 Å². The molecule has 1 fully saturated rings. The summed E-state index contributed by atoms with van der Waals surface area (Å²) in [7, 11) is 1.60. The molecule has 1 amide bonds. The Morgan fingerprint density at radius 1 is 1.07 bits per heavy atom. The highest BCUT2D eigenvalue weighted by molar-refractivity contribution is 5.95. The molecule has 0 saturated carbocycles. The number of hydrogen-bond acceptors (Lipinski definition) is 3. The molecule has 1 N–H and O–H groups in total. The summed E-state index contributed by atoms with van der Waals surface area (Å²) in [6.07, 6.45) is 0. The van der Waals surface area contributed by atoms with Gasteiger partial charge in [0.05, 0.1) is 39.9 Å². The number of amides is 1. The molecule has 2 aromatic carbocycles. The summed E-state index contributed by atoms with van der Waals surface area (Å²) < 4.78 is 10.9. The van der Waals surface area contributed by atoms with Crippen molar-refractivity contribution in [3.63, 3.8) is 0 Å². The van der Waals surface area contributed by atoms with Gasteiger partial charge >= 0.3 is 0 Å². The van der Waals surface area contributed by atoms with Gasteiger partial charge in [0.15, 0.2) is 11.5 Å². The minimum absolute atomic E-state index is 0.0617. The molecule has 29 heavy (non-hydrogen) atoms. The van der Waals surface area contributed by atoms with Crippen molar-refractivity contribution < 1.29 is 19.2 Å². The van der Waals surface area contributed by atoms with Crippen LogP contribution in [0.3, 0.4) is 0 Å². The molecule has 1 saturated heterocycles. The summed E-state index contributed by atoms with van der Waals surface area (Å²) in [5.74, 6) is 1.90. The van der Waals surface area contributed by atoms with Crippen molar-refractivity contribution in [2.24, 2.45) is 0 Å². The van der Waals surface area contributed by atoms with Crippen LogP contribution in [0.15, 0.2) is 42.5 Å². The lowest BCUT2D eigenvalue weighted by atomic mass is 10.0. The first kappa shape index (κ1) is 21.2. The largest absolute Gasteiger partial charge is 0.493 e. The van der Waals surface area contributed by atoms with Crippen molar-refractivity contribution in [1.82, 2.24) is 4.90 Å². The average molecular weight is 398 g/mol. The number of nitrogens with zero attached hydrogens (tertiary/aromatic N) is 1. The minimum Gasteiger partial charge on any atom is -0.493 e. The van der Waals surface area contributed by atoms with Gasteiger partial charge in [0.25, 0.3) is 5.91 Å². The van der Waals surface area contributed by atoms with E-state index in [2.05, 4.69) is 38.1 Å². The van der Waals surface area contributed by atoms with Crippen molar-refractivity contribution in [2.45, 2.75) is 33.2 Å². The van der Waals surface area contributed by atoms with Crippen molar-refractivity contribution in [3.05, 3.63) is 59.2 Å². The van der Waals surface area contributed by atoms with Crippen molar-refractivity contribution in [1.29, 1.82) is 0 Å². The van der Waals surface area contributed by atoms with E-state index < -0.39 is 0 Å². The summed E-state index contributed by atoms with van der Waals surface area (Å²) in [6, 6.07) is 14.4. The van der Waals surface area contributed by atoms with E-state index in [9.17, 15) is 4.79 Å². The first-order valence-electron chi connectivity index (χ1n) is 10.5. The van der Waals surface area contributed by atoms with Crippen LogP contribution in [0.4, 0.5) is 0 Å². The molecule has 5 nitrogen and oxygen atoms in total. The Bertz CT molecular complexity index is 809. The number of carbonyl (C=O) groups excluding carboxylic acids is 1. The topological polar surface area (TPSA) is 43.2 Å². The zero-order chi connectivity index (χ0) is 20.8. The van der Waals surface area contributed by atoms with Gasteiger partial charge in [-0.15, -0.1) is 0 Å². The van der Waals surface area contributed by atoms with Gasteiger partial charge in [-0.2, -0.15) is 0 Å². The quantitative estimate of drug-likeness (QED) is 0.781. The number of ether oxygens (including phenoxy) is 2. The maximum absolute atomic E-state index is 12.9. The molecule has 1 heterocycles. The number of piperazine rings is 1. The van der Waals surface area contributed by atoms with Crippen LogP contribution in [0.5, 0.6) is 11.5 Å². The number of methoxy groups -OCH3 is 1. The van der Waals surface area contributed by atoms with Crippen molar-refractivity contribution in [2.75, 3.05) is 39.9 Å². The fourth-order valence-corrected chi connectivity index (χ4v) is 3.77. The number of benzene rings is 2. The molecule has 3 rings (SSSR count). The molecule has 0 atom stereocenters. The van der Waals surface area contributed by atoms with E-state index in [-0.39, 0.29) is 5.91 Å². The van der Waals surface area contributed by atoms with Gasteiger partial charge in [-0.3, -0.25) is 4.79 Å². The van der Waals surface area contributed by atoms with Crippen LogP contribution in [-0.2, 0) is 6.54 Å². The number of nitrogens with one attached hydrogen (secondary N) is 1. The third kappa shape index (κ3) is 5.30. The van der Waals surface area contributed by atoms with Gasteiger partial charge < -0.3 is 19.3 Å². The second-order valence-corrected chi connectivity index (χ2v) is 7.91. The van der Waals surface area contributed by atoms with Crippen LogP contribution in [-0.4, -0.2) is 50.7 Å². The zero-order valence-electron chi connectivity index (χ0n) is 18.0. The Morgan fingerprint density at radius 3 is 2.34 bits per heavy atom. The zero-order valence-corrected chi connectivity index (χ0v) is 18.0. The van der Waals surface area contributed by atoms with E-state index in [1.807, 2.05) is 24.0 Å². The molecule has 1 aliphatic rings. The highest BCUT2D eigenvalue weighted by Crippen LogP contribution is 2.28. The summed E-state index contributed by atoms with van der Waals surface area (Å²) in [5, 5.41) is 0. The van der Waals surface area contributed by atoms with Gasteiger partial charge in [-0.05, 0) is 36.6 Å². The first-order valence-corrected chi connectivity index (χ1v) is 10.5. The SMILES string of the molecule is CCOc1ccc(C(=O)N2CC[NH+](Cc3ccc(C(C)C)cc3)CC2)cc1OC. The molecule has 0 aliphatic carbocycles. The van der Waals surface area contributed by atoms with Crippen molar-refractivity contribution in [3.8, 4) is 11.5 Å². The molecule has 0 radical (unpaired) electrons. The first-order chi connectivity index (χ1) is 14.0. The van der Waals surface area contributed by atoms with Gasteiger partial charge in [0.1, 0.15) is 6.54 Å². The Balaban J connectivity index is 1.56. The smallest absolute Gasteiger partial charge is 0.254 e. The van der Waals surface area contributed by atoms with Crippen molar-refractivity contribution >= 4 is 5.91 Å². The van der Waals surface area contributed by atoms with E-state index in [0.29, 0.717) is 29.6 Å². The molecule has 2 aromatic rings. The van der Waals surface area contributed by atoms with Crippen LogP contribution in [0.1, 0.15) is 48.2 Å². The van der Waals surface area contributed by atoms with E-state index in [1.165, 1.54) is 16.0 Å². The Labute approximate surface area is 174 Å². The van der Waals surface area contributed by atoms with Crippen LogP contribution in [0.2, 0.25) is 0 Å². The van der Waals surface area contributed by atoms with Crippen LogP contribution >= 0.6 is 0 Å². The van der Waals surface area contributed by atoms with E-state index in [1.54, 1.807) is 13.2 Å². The number of rotatable bonds is 7. The second kappa shape index (κ2) is 9.79. The lowest BCUT2D eigenvalue weighted by Gasteiger charge is -2.32. The molecule has 0 bridgehead atoms. The molecule has 0 spiro atoms. The third-order valence-electron chi connectivity index (χ3n) is 5.57. The normalized spacial score (nSPS) is 14.9. The monoisotopic (exact) mass is 397 g/mol. The number of carbonyl (C=O) groups is 1. The Morgan fingerprint density at radius 2 is 1.76 bits per heavy atom. The predicted octanol–water partition coefficient (Wildman–Crippen LogP) is 2.76. The molecular weight excluding hydrogens is 364 g/mol. The maximum Gasteiger partial charge on any atom is 0.254 e. The maximum atomic E-state index is 12.9. The standard InChI is InChI=1S/C24H32N2O3/c1-5-29-22-11-10-21(16-23(22)28-4)24(27)26-14-12-25(13-15-26)17-19-6-8-20(9-7-19)18(2)3/h6-11,16,18H,5,12-15,17H2,1-4H3/p+1.